The molecule has 4 heteroatoms. The highest BCUT2D eigenvalue weighted by atomic mass is 35.5. The third-order valence-corrected chi connectivity index (χ3v) is 13.3. The highest BCUT2D eigenvalue weighted by molar-refractivity contribution is 6.33. The Bertz CT molecular complexity index is 3810. The second kappa shape index (κ2) is 10.9. The zero-order valence-electron chi connectivity index (χ0n) is 31.0. The molecule has 268 valence electrons. The van der Waals surface area contributed by atoms with Gasteiger partial charge in [-0.1, -0.05) is 121 Å². The van der Waals surface area contributed by atoms with Crippen LogP contribution in [0.25, 0.3) is 126 Å². The van der Waals surface area contributed by atoms with E-state index in [-0.39, 0.29) is 0 Å². The quantitative estimate of drug-likeness (QED) is 0.170. The van der Waals surface area contributed by atoms with Crippen molar-refractivity contribution in [2.75, 3.05) is 0 Å². The van der Waals surface area contributed by atoms with Crippen LogP contribution in [-0.2, 0) is 0 Å². The molecule has 0 aliphatic rings. The first-order valence-corrected chi connectivity index (χ1v) is 20.3. The molecule has 0 saturated heterocycles. The van der Waals surface area contributed by atoms with Crippen LogP contribution in [0, 0.1) is 0 Å². The van der Waals surface area contributed by atoms with E-state index in [4.69, 9.17) is 11.6 Å². The van der Waals surface area contributed by atoms with E-state index in [1.165, 1.54) is 109 Å². The van der Waals surface area contributed by atoms with Gasteiger partial charge in [-0.05, 0) is 95.1 Å². The van der Waals surface area contributed by atoms with Crippen LogP contribution in [0.5, 0.6) is 0 Å². The number of hydrogen-bond acceptors (Lipinski definition) is 0. The molecule has 5 heterocycles. The molecular weight excluding hydrogens is 726 g/mol. The number of rotatable bonds is 3. The summed E-state index contributed by atoms with van der Waals surface area (Å²) >= 11 is 6.95. The fraction of sp³-hybridized carbons (Fsp3) is 0. The van der Waals surface area contributed by atoms with Gasteiger partial charge in [0.1, 0.15) is 0 Å². The second-order valence-corrected chi connectivity index (χ2v) is 16.2. The smallest absolute Gasteiger partial charge is 0.0648 e. The fourth-order valence-corrected chi connectivity index (χ4v) is 10.7. The number of benzene rings is 9. The van der Waals surface area contributed by atoms with Gasteiger partial charge >= 0.3 is 0 Å². The lowest BCUT2D eigenvalue weighted by Crippen LogP contribution is -1.94. The van der Waals surface area contributed by atoms with Gasteiger partial charge in [-0.3, -0.25) is 0 Å². The Morgan fingerprint density at radius 1 is 0.276 bits per heavy atom. The van der Waals surface area contributed by atoms with E-state index in [1.807, 2.05) is 12.1 Å². The largest absolute Gasteiger partial charge is 0.308 e. The first-order chi connectivity index (χ1) is 28.7. The van der Waals surface area contributed by atoms with Crippen molar-refractivity contribution >= 4 is 110 Å². The first-order valence-electron chi connectivity index (χ1n) is 19.9. The number of nitrogens with zero attached hydrogens (tertiary/aromatic N) is 3. The van der Waals surface area contributed by atoms with E-state index >= 15 is 0 Å². The topological polar surface area (TPSA) is 13.8 Å². The van der Waals surface area contributed by atoms with Crippen LogP contribution < -0.4 is 0 Å². The van der Waals surface area contributed by atoms with E-state index in [1.54, 1.807) is 0 Å². The maximum absolute atomic E-state index is 6.95. The lowest BCUT2D eigenvalue weighted by Gasteiger charge is -2.10. The summed E-state index contributed by atoms with van der Waals surface area (Å²) in [6.07, 6.45) is 0. The normalized spacial score (nSPS) is 12.6. The molecule has 3 nitrogen and oxygen atoms in total. The van der Waals surface area contributed by atoms with Crippen LogP contribution in [0.4, 0.5) is 0 Å². The molecule has 0 atom stereocenters. The SMILES string of the molecule is Clc1ccccc1-n1c2ccc(-c3ccc4c(c3)c3cccc5c6ccccc6n4c53)cc2c2cc(-c3ccc4c(c3)c3cccc5c6ccccc6n4c53)ccc21. The van der Waals surface area contributed by atoms with Gasteiger partial charge in [0.25, 0.3) is 0 Å². The summed E-state index contributed by atoms with van der Waals surface area (Å²) in [5.74, 6) is 0. The molecule has 0 radical (unpaired) electrons. The molecule has 0 spiro atoms. The van der Waals surface area contributed by atoms with Gasteiger partial charge in [0.2, 0.25) is 0 Å². The van der Waals surface area contributed by atoms with Crippen molar-refractivity contribution in [1.82, 2.24) is 13.4 Å². The van der Waals surface area contributed by atoms with Gasteiger partial charge in [0, 0.05) is 53.9 Å². The summed E-state index contributed by atoms with van der Waals surface area (Å²) < 4.78 is 7.21. The summed E-state index contributed by atoms with van der Waals surface area (Å²) in [6, 6.07) is 66.9. The molecule has 14 rings (SSSR count). The van der Waals surface area contributed by atoms with Crippen molar-refractivity contribution in [2.45, 2.75) is 0 Å². The molecule has 0 fully saturated rings. The number of para-hydroxylation sites is 5. The molecule has 0 unspecified atom stereocenters. The lowest BCUT2D eigenvalue weighted by atomic mass is 9.98. The molecular formula is C54H30ClN3. The highest BCUT2D eigenvalue weighted by Crippen LogP contribution is 2.44. The Balaban J connectivity index is 0.988. The summed E-state index contributed by atoms with van der Waals surface area (Å²) in [5, 5.41) is 13.5. The van der Waals surface area contributed by atoms with Crippen molar-refractivity contribution in [2.24, 2.45) is 0 Å². The average Bonchev–Trinajstić information content (AvgIpc) is 4.07. The minimum absolute atomic E-state index is 0.725. The summed E-state index contributed by atoms with van der Waals surface area (Å²) in [7, 11) is 0. The highest BCUT2D eigenvalue weighted by Gasteiger charge is 2.21. The number of aromatic nitrogens is 3. The fourth-order valence-electron chi connectivity index (χ4n) is 10.5. The monoisotopic (exact) mass is 755 g/mol. The molecule has 9 aromatic carbocycles. The van der Waals surface area contributed by atoms with Crippen molar-refractivity contribution in [3.8, 4) is 27.9 Å². The maximum Gasteiger partial charge on any atom is 0.0648 e. The maximum atomic E-state index is 6.95. The van der Waals surface area contributed by atoms with Crippen LogP contribution in [-0.4, -0.2) is 13.4 Å². The van der Waals surface area contributed by atoms with Gasteiger partial charge in [0.05, 0.1) is 54.8 Å². The zero-order valence-corrected chi connectivity index (χ0v) is 31.8. The predicted octanol–water partition coefficient (Wildman–Crippen LogP) is 15.1. The first kappa shape index (κ1) is 30.8. The van der Waals surface area contributed by atoms with Crippen LogP contribution in [0.1, 0.15) is 0 Å². The van der Waals surface area contributed by atoms with Crippen LogP contribution >= 0.6 is 11.6 Å². The Kier molecular flexibility index (Phi) is 5.82. The molecule has 5 aromatic heterocycles. The predicted molar refractivity (Wildman–Crippen MR) is 246 cm³/mol. The Labute approximate surface area is 336 Å². The average molecular weight is 756 g/mol. The van der Waals surface area contributed by atoms with E-state index in [9.17, 15) is 0 Å². The summed E-state index contributed by atoms with van der Waals surface area (Å²) in [6.45, 7) is 0. The molecule has 0 bridgehead atoms. The van der Waals surface area contributed by atoms with Crippen LogP contribution in [0.15, 0.2) is 182 Å². The van der Waals surface area contributed by atoms with Crippen molar-refractivity contribution in [3.63, 3.8) is 0 Å². The molecule has 0 N–H and O–H groups in total. The molecule has 0 aliphatic heterocycles. The van der Waals surface area contributed by atoms with E-state index in [0.29, 0.717) is 0 Å². The minimum atomic E-state index is 0.725. The Morgan fingerprint density at radius 2 is 0.621 bits per heavy atom. The van der Waals surface area contributed by atoms with Gasteiger partial charge in [-0.15, -0.1) is 0 Å². The number of halogens is 1. The molecule has 14 aromatic rings. The van der Waals surface area contributed by atoms with Crippen molar-refractivity contribution < 1.29 is 0 Å². The molecule has 0 amide bonds. The number of fused-ring (bicyclic) bond motifs is 15. The summed E-state index contributed by atoms with van der Waals surface area (Å²) in [4.78, 5) is 0. The van der Waals surface area contributed by atoms with E-state index < -0.39 is 0 Å². The Morgan fingerprint density at radius 3 is 1.09 bits per heavy atom. The third-order valence-electron chi connectivity index (χ3n) is 13.0. The van der Waals surface area contributed by atoms with Gasteiger partial charge in [0.15, 0.2) is 0 Å². The van der Waals surface area contributed by atoms with Gasteiger partial charge in [-0.25, -0.2) is 0 Å². The summed E-state index contributed by atoms with van der Waals surface area (Å²) in [5.41, 5.74) is 15.6. The number of hydrogen-bond donors (Lipinski definition) is 0. The van der Waals surface area contributed by atoms with Crippen LogP contribution in [0.2, 0.25) is 5.02 Å². The van der Waals surface area contributed by atoms with Gasteiger partial charge in [-0.2, -0.15) is 0 Å². The third kappa shape index (κ3) is 3.84. The molecule has 0 saturated carbocycles. The second-order valence-electron chi connectivity index (χ2n) is 15.8. The van der Waals surface area contributed by atoms with Crippen molar-refractivity contribution in [3.05, 3.63) is 187 Å². The molecule has 58 heavy (non-hydrogen) atoms. The van der Waals surface area contributed by atoms with Gasteiger partial charge < -0.3 is 13.4 Å². The van der Waals surface area contributed by atoms with E-state index in [2.05, 4.69) is 183 Å². The zero-order chi connectivity index (χ0) is 37.8. The minimum Gasteiger partial charge on any atom is -0.308 e. The molecule has 0 aliphatic carbocycles. The van der Waals surface area contributed by atoms with E-state index in [0.717, 1.165) is 21.7 Å². The Hall–Kier alpha value is -7.33. The standard InChI is InChI=1S/C54H30ClN3/c55-45-15-3-6-18-52(45)56-48-23-19-33(31-21-25-50-41(27-31)39-13-7-11-37-35-9-1-4-16-46(35)57(50)53(37)39)29-43(48)44-30-34(20-24-49(44)56)32-22-26-51-42(28-32)40-14-8-12-38-36-10-2-5-17-47(36)58(51)54(38)40/h1-30H. The van der Waals surface area contributed by atoms with Crippen LogP contribution in [0.3, 0.4) is 0 Å². The lowest BCUT2D eigenvalue weighted by molar-refractivity contribution is 1.18. The van der Waals surface area contributed by atoms with Crippen molar-refractivity contribution in [1.29, 1.82) is 0 Å².